The molecule has 0 radical (unpaired) electrons. The number of carbonyl (C=O) groups excluding carboxylic acids is 1. The van der Waals surface area contributed by atoms with Crippen molar-refractivity contribution in [3.05, 3.63) is 77.8 Å². The molecule has 0 saturated carbocycles. The minimum absolute atomic E-state index is 0.134. The van der Waals surface area contributed by atoms with Gasteiger partial charge in [-0.25, -0.2) is 4.98 Å². The van der Waals surface area contributed by atoms with Crippen LogP contribution in [0.4, 0.5) is 5.69 Å². The number of fused-ring (bicyclic) bond motifs is 1. The highest BCUT2D eigenvalue weighted by Gasteiger charge is 2.12. The summed E-state index contributed by atoms with van der Waals surface area (Å²) in [6, 6.07) is 22.0. The first-order valence-corrected chi connectivity index (χ1v) is 11.0. The monoisotopic (exact) mass is 462 g/mol. The molecule has 0 fully saturated rings. The van der Waals surface area contributed by atoms with E-state index in [0.29, 0.717) is 27.7 Å². The number of carbonyl (C=O) groups is 1. The summed E-state index contributed by atoms with van der Waals surface area (Å²) in [5.74, 6) is 0.859. The van der Waals surface area contributed by atoms with Crippen LogP contribution in [0.15, 0.2) is 86.9 Å². The van der Waals surface area contributed by atoms with Crippen molar-refractivity contribution in [2.75, 3.05) is 11.1 Å². The van der Waals surface area contributed by atoms with E-state index < -0.39 is 0 Å². The molecule has 0 bridgehead atoms. The van der Waals surface area contributed by atoms with E-state index in [1.54, 1.807) is 36.4 Å². The maximum atomic E-state index is 12.3. The Morgan fingerprint density at radius 2 is 1.59 bits per heavy atom. The fourth-order valence-corrected chi connectivity index (χ4v) is 3.68. The van der Waals surface area contributed by atoms with Crippen LogP contribution >= 0.6 is 23.4 Å². The minimum Gasteiger partial charge on any atom is -0.436 e. The summed E-state index contributed by atoms with van der Waals surface area (Å²) >= 11 is 7.05. The van der Waals surface area contributed by atoms with Gasteiger partial charge in [0.25, 0.3) is 5.22 Å². The van der Waals surface area contributed by atoms with Gasteiger partial charge in [-0.15, -0.1) is 10.2 Å². The third-order valence-corrected chi connectivity index (χ3v) is 5.60. The second-order valence-electron chi connectivity index (χ2n) is 6.78. The molecule has 0 aliphatic carbocycles. The van der Waals surface area contributed by atoms with E-state index >= 15 is 0 Å². The summed E-state index contributed by atoms with van der Waals surface area (Å²) in [4.78, 5) is 16.8. The summed E-state index contributed by atoms with van der Waals surface area (Å²) in [6.45, 7) is 0. The molecule has 0 spiro atoms. The molecule has 5 rings (SSSR count). The van der Waals surface area contributed by atoms with Crippen molar-refractivity contribution in [1.29, 1.82) is 0 Å². The molecule has 32 heavy (non-hydrogen) atoms. The highest BCUT2D eigenvalue weighted by molar-refractivity contribution is 7.99. The van der Waals surface area contributed by atoms with Crippen LogP contribution in [0.5, 0.6) is 0 Å². The van der Waals surface area contributed by atoms with Crippen molar-refractivity contribution in [2.24, 2.45) is 0 Å². The Kier molecular flexibility index (Phi) is 5.62. The van der Waals surface area contributed by atoms with Crippen LogP contribution in [0.25, 0.3) is 34.0 Å². The number of nitrogens with one attached hydrogen (secondary N) is 1. The average molecular weight is 463 g/mol. The molecule has 5 aromatic rings. The number of para-hydroxylation sites is 2. The highest BCUT2D eigenvalue weighted by Crippen LogP contribution is 2.26. The number of hydrogen-bond donors (Lipinski definition) is 1. The number of thioether (sulfide) groups is 1. The Morgan fingerprint density at radius 1 is 0.875 bits per heavy atom. The molecule has 2 heterocycles. The van der Waals surface area contributed by atoms with E-state index in [9.17, 15) is 4.79 Å². The van der Waals surface area contributed by atoms with Crippen LogP contribution in [0.1, 0.15) is 0 Å². The van der Waals surface area contributed by atoms with Crippen LogP contribution in [0.2, 0.25) is 5.02 Å². The fraction of sp³-hybridized carbons (Fsp3) is 0.0435. The Balaban J connectivity index is 1.18. The first kappa shape index (κ1) is 20.3. The Labute approximate surface area is 191 Å². The number of anilines is 1. The molecule has 0 aliphatic heterocycles. The normalized spacial score (nSPS) is 11.0. The summed E-state index contributed by atoms with van der Waals surface area (Å²) in [6.07, 6.45) is 0. The highest BCUT2D eigenvalue weighted by atomic mass is 35.5. The van der Waals surface area contributed by atoms with Crippen molar-refractivity contribution in [1.82, 2.24) is 15.2 Å². The maximum Gasteiger partial charge on any atom is 0.277 e. The van der Waals surface area contributed by atoms with Gasteiger partial charge in [0.05, 0.1) is 5.75 Å². The van der Waals surface area contributed by atoms with Gasteiger partial charge in [0.2, 0.25) is 17.7 Å². The number of oxazole rings is 1. The predicted octanol–water partition coefficient (Wildman–Crippen LogP) is 5.93. The van der Waals surface area contributed by atoms with Gasteiger partial charge < -0.3 is 14.2 Å². The number of benzene rings is 3. The molecular weight excluding hydrogens is 448 g/mol. The molecule has 0 saturated heterocycles. The lowest BCUT2D eigenvalue weighted by atomic mass is 10.2. The lowest BCUT2D eigenvalue weighted by molar-refractivity contribution is -0.113. The van der Waals surface area contributed by atoms with Gasteiger partial charge in [-0.05, 0) is 60.7 Å². The SMILES string of the molecule is O=C(CSc1nnc(-c2ccc(Cl)cc2)o1)Nc1ccc(-c2nc3ccccc3o2)cc1. The smallest absolute Gasteiger partial charge is 0.277 e. The number of rotatable bonds is 6. The topological polar surface area (TPSA) is 94.0 Å². The molecule has 2 aromatic heterocycles. The number of amides is 1. The predicted molar refractivity (Wildman–Crippen MR) is 124 cm³/mol. The van der Waals surface area contributed by atoms with Crippen LogP contribution in [-0.2, 0) is 4.79 Å². The van der Waals surface area contributed by atoms with Gasteiger partial charge in [-0.3, -0.25) is 4.79 Å². The van der Waals surface area contributed by atoms with Crippen LogP contribution in [0.3, 0.4) is 0 Å². The summed E-state index contributed by atoms with van der Waals surface area (Å²) in [5, 5.41) is 11.8. The first-order valence-electron chi connectivity index (χ1n) is 9.62. The molecule has 3 aromatic carbocycles. The van der Waals surface area contributed by atoms with E-state index in [-0.39, 0.29) is 11.7 Å². The van der Waals surface area contributed by atoms with Gasteiger partial charge in [0.1, 0.15) is 5.52 Å². The number of nitrogens with zero attached hydrogens (tertiary/aromatic N) is 3. The second-order valence-corrected chi connectivity index (χ2v) is 8.14. The van der Waals surface area contributed by atoms with Gasteiger partial charge in [-0.2, -0.15) is 0 Å². The van der Waals surface area contributed by atoms with Crippen molar-refractivity contribution in [3.8, 4) is 22.9 Å². The quantitative estimate of drug-likeness (QED) is 0.312. The zero-order valence-corrected chi connectivity index (χ0v) is 18.1. The van der Waals surface area contributed by atoms with Gasteiger partial charge >= 0.3 is 0 Å². The lowest BCUT2D eigenvalue weighted by Gasteiger charge is -2.04. The van der Waals surface area contributed by atoms with Crippen molar-refractivity contribution in [2.45, 2.75) is 5.22 Å². The first-order chi connectivity index (χ1) is 15.6. The Morgan fingerprint density at radius 3 is 2.38 bits per heavy atom. The van der Waals surface area contributed by atoms with E-state index in [1.165, 1.54) is 11.8 Å². The number of aromatic nitrogens is 3. The summed E-state index contributed by atoms with van der Waals surface area (Å²) in [5.41, 5.74) is 3.79. The zero-order valence-electron chi connectivity index (χ0n) is 16.5. The molecule has 0 aliphatic rings. The van der Waals surface area contributed by atoms with Gasteiger partial charge in [-0.1, -0.05) is 35.5 Å². The third kappa shape index (κ3) is 4.51. The minimum atomic E-state index is -0.184. The Bertz CT molecular complexity index is 1350. The van der Waals surface area contributed by atoms with E-state index in [4.69, 9.17) is 20.4 Å². The Hall–Kier alpha value is -3.62. The second kappa shape index (κ2) is 8.86. The van der Waals surface area contributed by atoms with Gasteiger partial charge in [0, 0.05) is 21.8 Å². The fourth-order valence-electron chi connectivity index (χ4n) is 2.99. The van der Waals surface area contributed by atoms with Crippen LogP contribution in [-0.4, -0.2) is 26.8 Å². The average Bonchev–Trinajstić information content (AvgIpc) is 3.46. The zero-order chi connectivity index (χ0) is 21.9. The molecule has 7 nitrogen and oxygen atoms in total. The molecule has 0 atom stereocenters. The third-order valence-electron chi connectivity index (χ3n) is 4.53. The molecule has 1 amide bonds. The molecule has 158 valence electrons. The maximum absolute atomic E-state index is 12.3. The van der Waals surface area contributed by atoms with E-state index in [1.807, 2.05) is 36.4 Å². The molecule has 0 unspecified atom stereocenters. The van der Waals surface area contributed by atoms with Crippen LogP contribution < -0.4 is 5.32 Å². The largest absolute Gasteiger partial charge is 0.436 e. The number of hydrogen-bond acceptors (Lipinski definition) is 7. The summed E-state index contributed by atoms with van der Waals surface area (Å²) < 4.78 is 11.4. The van der Waals surface area contributed by atoms with E-state index in [2.05, 4.69) is 20.5 Å². The van der Waals surface area contributed by atoms with Crippen molar-refractivity contribution in [3.63, 3.8) is 0 Å². The van der Waals surface area contributed by atoms with E-state index in [0.717, 1.165) is 22.2 Å². The van der Waals surface area contributed by atoms with Gasteiger partial charge in [0.15, 0.2) is 5.58 Å². The molecular formula is C23H15ClN4O3S. The number of halogens is 1. The standard InChI is InChI=1S/C23H15ClN4O3S/c24-16-9-5-15(6-10-16)22-27-28-23(31-22)32-13-20(29)25-17-11-7-14(8-12-17)21-26-18-3-1-2-4-19(18)30-21/h1-12H,13H2,(H,25,29). The van der Waals surface area contributed by atoms with Crippen molar-refractivity contribution < 1.29 is 13.6 Å². The van der Waals surface area contributed by atoms with Crippen LogP contribution in [0, 0.1) is 0 Å². The summed E-state index contributed by atoms with van der Waals surface area (Å²) in [7, 11) is 0. The molecule has 1 N–H and O–H groups in total. The lowest BCUT2D eigenvalue weighted by Crippen LogP contribution is -2.13. The molecule has 9 heteroatoms. The van der Waals surface area contributed by atoms with Crippen molar-refractivity contribution >= 4 is 46.1 Å².